The highest BCUT2D eigenvalue weighted by atomic mass is 32.2. The maximum atomic E-state index is 14.0. The molecule has 2 aromatic heterocycles. The fourth-order valence-corrected chi connectivity index (χ4v) is 11.4. The molecule has 0 spiro atoms. The minimum absolute atomic E-state index is 0.00301. The average Bonchev–Trinajstić information content (AvgIpc) is 3.56. The van der Waals surface area contributed by atoms with Crippen LogP contribution in [0.5, 0.6) is 11.5 Å². The van der Waals surface area contributed by atoms with Crippen molar-refractivity contribution in [1.29, 1.82) is 0 Å². The van der Waals surface area contributed by atoms with Gasteiger partial charge in [0, 0.05) is 74.3 Å². The zero-order valence-corrected chi connectivity index (χ0v) is 34.8. The van der Waals surface area contributed by atoms with E-state index in [0.717, 1.165) is 68.4 Å². The summed E-state index contributed by atoms with van der Waals surface area (Å²) in [6.45, 7) is 4.68. The van der Waals surface area contributed by atoms with Gasteiger partial charge in [0.25, 0.3) is 21.6 Å². The monoisotopic (exact) mass is 845 g/mol. The Morgan fingerprint density at radius 2 is 1.74 bits per heavy atom. The molecule has 61 heavy (non-hydrogen) atoms. The number of sulfonamides is 1. The maximum absolute atomic E-state index is 14.0. The molecule has 3 N–H and O–H groups in total. The molecular formula is C46H51N7O7S. The molecule has 15 heteroatoms. The van der Waals surface area contributed by atoms with Crippen LogP contribution >= 0.6 is 0 Å². The van der Waals surface area contributed by atoms with E-state index in [9.17, 15) is 23.3 Å². The number of likely N-dealkylation sites (tertiary alicyclic amines) is 1. The Hall–Kier alpha value is -5.51. The molecule has 3 saturated heterocycles. The summed E-state index contributed by atoms with van der Waals surface area (Å²) in [5, 5.41) is 16.0. The summed E-state index contributed by atoms with van der Waals surface area (Å²) < 4.78 is 41.3. The van der Waals surface area contributed by atoms with Crippen molar-refractivity contribution < 1.29 is 27.6 Å². The molecule has 0 radical (unpaired) electrons. The number of fused-ring (bicyclic) bond motifs is 2. The molecule has 0 bridgehead atoms. The zero-order chi connectivity index (χ0) is 41.7. The summed E-state index contributed by atoms with van der Waals surface area (Å²) in [6.07, 6.45) is 12.4. The second-order valence-corrected chi connectivity index (χ2v) is 19.2. The molecule has 5 fully saturated rings. The van der Waals surface area contributed by atoms with Gasteiger partial charge in [0.15, 0.2) is 0 Å². The lowest BCUT2D eigenvalue weighted by Gasteiger charge is -2.33. The summed E-state index contributed by atoms with van der Waals surface area (Å²) in [6, 6.07) is 22.7. The van der Waals surface area contributed by atoms with Gasteiger partial charge in [0.1, 0.15) is 22.8 Å². The van der Waals surface area contributed by atoms with Crippen LogP contribution in [0.4, 0.5) is 17.1 Å². The minimum atomic E-state index is -4.54. The maximum Gasteiger partial charge on any atom is 0.293 e. The van der Waals surface area contributed by atoms with Crippen LogP contribution in [0.2, 0.25) is 0 Å². The lowest BCUT2D eigenvalue weighted by atomic mass is 9.94. The Morgan fingerprint density at radius 3 is 2.51 bits per heavy atom. The van der Waals surface area contributed by atoms with E-state index >= 15 is 0 Å². The van der Waals surface area contributed by atoms with Crippen LogP contribution in [-0.4, -0.2) is 79.6 Å². The molecule has 14 nitrogen and oxygen atoms in total. The van der Waals surface area contributed by atoms with Crippen LogP contribution in [0.1, 0.15) is 84.8 Å². The molecule has 1 amide bonds. The Labute approximate surface area is 355 Å². The van der Waals surface area contributed by atoms with Crippen LogP contribution in [0, 0.1) is 27.9 Å². The second kappa shape index (κ2) is 16.4. The van der Waals surface area contributed by atoms with Gasteiger partial charge in [0.05, 0.1) is 21.6 Å². The van der Waals surface area contributed by atoms with Crippen LogP contribution in [0.3, 0.4) is 0 Å². The molecule has 5 heterocycles. The van der Waals surface area contributed by atoms with Crippen LogP contribution < -0.4 is 19.7 Å². The number of nitrogens with zero attached hydrogens (tertiary/aromatic N) is 4. The average molecular weight is 846 g/mol. The van der Waals surface area contributed by atoms with Crippen LogP contribution in [0.15, 0.2) is 90.1 Å². The van der Waals surface area contributed by atoms with Gasteiger partial charge >= 0.3 is 0 Å². The number of H-pyrrole nitrogens is 1. The Bertz CT molecular complexity index is 2560. The number of carbonyl (C=O) groups is 1. The number of aromatic amines is 1. The van der Waals surface area contributed by atoms with Gasteiger partial charge < -0.3 is 24.7 Å². The molecule has 3 aliphatic heterocycles. The van der Waals surface area contributed by atoms with E-state index in [0.29, 0.717) is 55.1 Å². The van der Waals surface area contributed by atoms with Gasteiger partial charge in [-0.1, -0.05) is 24.3 Å². The Balaban J connectivity index is 0.865. The number of anilines is 2. The van der Waals surface area contributed by atoms with Gasteiger partial charge in [-0.05, 0) is 129 Å². The van der Waals surface area contributed by atoms with E-state index in [1.54, 1.807) is 41.7 Å². The third-order valence-corrected chi connectivity index (χ3v) is 15.0. The van der Waals surface area contributed by atoms with E-state index in [2.05, 4.69) is 54.1 Å². The van der Waals surface area contributed by atoms with E-state index < -0.39 is 31.4 Å². The minimum Gasteiger partial charge on any atom is -0.455 e. The molecule has 2 saturated carbocycles. The number of nitrogens with one attached hydrogen (secondary N) is 3. The molecule has 3 aromatic carbocycles. The van der Waals surface area contributed by atoms with Crippen molar-refractivity contribution in [1.82, 2.24) is 19.6 Å². The molecule has 10 rings (SSSR count). The number of pyridine rings is 1. The summed E-state index contributed by atoms with van der Waals surface area (Å²) in [5.41, 5.74) is 4.47. The van der Waals surface area contributed by atoms with Crippen molar-refractivity contribution >= 4 is 44.0 Å². The van der Waals surface area contributed by atoms with Gasteiger partial charge in [-0.3, -0.25) is 19.8 Å². The molecule has 2 unspecified atom stereocenters. The third kappa shape index (κ3) is 8.18. The topological polar surface area (TPSA) is 172 Å². The molecule has 318 valence electrons. The Kier molecular flexibility index (Phi) is 10.7. The number of nitro groups is 1. The van der Waals surface area contributed by atoms with Gasteiger partial charge in [-0.25, -0.2) is 18.1 Å². The molecule has 3 atom stereocenters. The third-order valence-electron chi connectivity index (χ3n) is 13.7. The highest BCUT2D eigenvalue weighted by Crippen LogP contribution is 2.49. The van der Waals surface area contributed by atoms with Gasteiger partial charge in [-0.2, -0.15) is 0 Å². The fraction of sp³-hybridized carbons (Fsp3) is 0.435. The highest BCUT2D eigenvalue weighted by Gasteiger charge is 2.46. The summed E-state index contributed by atoms with van der Waals surface area (Å²) in [7, 11) is -4.54. The molecule has 5 aliphatic rings. The predicted octanol–water partition coefficient (Wildman–Crippen LogP) is 8.15. The summed E-state index contributed by atoms with van der Waals surface area (Å²) in [4.78, 5) is 37.7. The van der Waals surface area contributed by atoms with Gasteiger partial charge in [-0.15, -0.1) is 0 Å². The number of hydrogen-bond acceptors (Lipinski definition) is 11. The zero-order valence-electron chi connectivity index (χ0n) is 34.0. The van der Waals surface area contributed by atoms with Crippen molar-refractivity contribution in [2.75, 3.05) is 49.6 Å². The van der Waals surface area contributed by atoms with Crippen LogP contribution in [-0.2, 0) is 14.8 Å². The number of hydrogen-bond donors (Lipinski definition) is 3. The van der Waals surface area contributed by atoms with Crippen molar-refractivity contribution in [2.24, 2.45) is 17.8 Å². The fourth-order valence-electron chi connectivity index (χ4n) is 10.4. The predicted molar refractivity (Wildman–Crippen MR) is 232 cm³/mol. The summed E-state index contributed by atoms with van der Waals surface area (Å²) in [5.74, 6) is 1.71. The smallest absolute Gasteiger partial charge is 0.293 e. The number of amides is 1. The van der Waals surface area contributed by atoms with E-state index in [4.69, 9.17) is 9.47 Å². The number of aromatic nitrogens is 2. The normalized spacial score (nSPS) is 23.3. The SMILES string of the molecule is O=C(NS(=O)(=O)c1ccc(NCC2CCOCC2)c([N+](=O)[O-])c1)c1ccc(N2CC3CC(N4CCC[C@H]4c4ccccc4C4CC4)CC3C2)cc1Oc1cnc2[nH]ccc2c1. The van der Waals surface area contributed by atoms with Gasteiger partial charge in [0.2, 0.25) is 0 Å². The lowest BCUT2D eigenvalue weighted by molar-refractivity contribution is -0.384. The van der Waals surface area contributed by atoms with E-state index in [1.807, 2.05) is 12.1 Å². The molecule has 2 aliphatic carbocycles. The van der Waals surface area contributed by atoms with E-state index in [-0.39, 0.29) is 22.9 Å². The first-order valence-electron chi connectivity index (χ1n) is 21.7. The number of nitro benzene ring substituents is 1. The Morgan fingerprint density at radius 1 is 0.951 bits per heavy atom. The lowest BCUT2D eigenvalue weighted by Crippen LogP contribution is -2.35. The van der Waals surface area contributed by atoms with Crippen molar-refractivity contribution in [3.63, 3.8) is 0 Å². The summed E-state index contributed by atoms with van der Waals surface area (Å²) >= 11 is 0. The van der Waals surface area contributed by atoms with E-state index in [1.165, 1.54) is 37.8 Å². The van der Waals surface area contributed by atoms with Crippen molar-refractivity contribution in [3.05, 3.63) is 112 Å². The molecule has 5 aromatic rings. The highest BCUT2D eigenvalue weighted by molar-refractivity contribution is 7.90. The van der Waals surface area contributed by atoms with Crippen LogP contribution in [0.25, 0.3) is 11.0 Å². The first-order valence-corrected chi connectivity index (χ1v) is 23.2. The molecular weight excluding hydrogens is 795 g/mol. The largest absolute Gasteiger partial charge is 0.455 e. The van der Waals surface area contributed by atoms with Crippen molar-refractivity contribution in [2.45, 2.75) is 74.3 Å². The standard InChI is InChI=1S/C46H51N7O7S/c54-46(50-61(57,58)37-10-12-41(43(24-37)53(55)56)48-25-29-14-18-59-19-15-29)40-11-9-34(23-44(40)60-36-22-31-13-16-47-45(31)49-26-36)51-27-32-20-35(21-33(32)28-51)52-17-3-6-42(52)39-5-2-1-4-38(39)30-7-8-30/h1-2,4-5,9-13,16,22-24,26,29-30,32-33,35,42,48H,3,6-8,14-15,17-21,25,27-28H2,(H,47,49)(H,50,54)/t32?,33?,35?,42-/m0/s1. The first kappa shape index (κ1) is 39.6. The van der Waals surface area contributed by atoms with Crippen molar-refractivity contribution in [3.8, 4) is 11.5 Å². The number of benzene rings is 3. The first-order chi connectivity index (χ1) is 29.7. The second-order valence-electron chi connectivity index (χ2n) is 17.5. The number of ether oxygens (including phenoxy) is 2. The quantitative estimate of drug-likeness (QED) is 0.0772. The number of rotatable bonds is 13. The number of carbonyl (C=O) groups excluding carboxylic acids is 1.